The van der Waals surface area contributed by atoms with E-state index in [-0.39, 0.29) is 11.6 Å². The van der Waals surface area contributed by atoms with E-state index < -0.39 is 0 Å². The highest BCUT2D eigenvalue weighted by atomic mass is 19.1. The van der Waals surface area contributed by atoms with Gasteiger partial charge in [0.2, 0.25) is 0 Å². The van der Waals surface area contributed by atoms with Crippen LogP contribution in [0.5, 0.6) is 0 Å². The minimum atomic E-state index is -0.297. The lowest BCUT2D eigenvalue weighted by atomic mass is 9.84. The van der Waals surface area contributed by atoms with Crippen molar-refractivity contribution in [2.45, 2.75) is 33.1 Å². The van der Waals surface area contributed by atoms with Crippen LogP contribution < -0.4 is 0 Å². The Morgan fingerprint density at radius 1 is 1.32 bits per heavy atom. The SMILES string of the molecule is CC1(C)CCCN(CCC(=O)c2ccc(F)cc2)C1. The van der Waals surface area contributed by atoms with Crippen LogP contribution >= 0.6 is 0 Å². The molecule has 1 heterocycles. The van der Waals surface area contributed by atoms with Crippen LogP contribution in [0.15, 0.2) is 24.3 Å². The smallest absolute Gasteiger partial charge is 0.164 e. The molecule has 1 saturated heterocycles. The number of hydrogen-bond acceptors (Lipinski definition) is 2. The number of Topliss-reactive ketones (excluding diaryl/α,β-unsaturated/α-hetero) is 1. The second-order valence-electron chi connectivity index (χ2n) is 6.22. The van der Waals surface area contributed by atoms with Gasteiger partial charge in [0.15, 0.2) is 5.78 Å². The van der Waals surface area contributed by atoms with Gasteiger partial charge in [0, 0.05) is 25.1 Å². The van der Waals surface area contributed by atoms with E-state index in [0.717, 1.165) is 19.6 Å². The van der Waals surface area contributed by atoms with Crippen molar-refractivity contribution in [1.82, 2.24) is 4.90 Å². The van der Waals surface area contributed by atoms with Crippen LogP contribution in [0, 0.1) is 11.2 Å². The largest absolute Gasteiger partial charge is 0.302 e. The van der Waals surface area contributed by atoms with Gasteiger partial charge in [-0.15, -0.1) is 0 Å². The Morgan fingerprint density at radius 2 is 2.00 bits per heavy atom. The van der Waals surface area contributed by atoms with Crippen molar-refractivity contribution >= 4 is 5.78 Å². The van der Waals surface area contributed by atoms with E-state index in [1.54, 1.807) is 12.1 Å². The lowest BCUT2D eigenvalue weighted by Crippen LogP contribution is -2.40. The first-order valence-electron chi connectivity index (χ1n) is 6.97. The summed E-state index contributed by atoms with van der Waals surface area (Å²) in [5.41, 5.74) is 0.967. The van der Waals surface area contributed by atoms with Crippen molar-refractivity contribution in [2.24, 2.45) is 5.41 Å². The molecule has 104 valence electrons. The monoisotopic (exact) mass is 263 g/mol. The maximum Gasteiger partial charge on any atom is 0.164 e. The number of likely N-dealkylation sites (tertiary alicyclic amines) is 1. The van der Waals surface area contributed by atoms with Gasteiger partial charge >= 0.3 is 0 Å². The van der Waals surface area contributed by atoms with Crippen molar-refractivity contribution in [1.29, 1.82) is 0 Å². The molecule has 1 aromatic carbocycles. The predicted octanol–water partition coefficient (Wildman–Crippen LogP) is 3.52. The second kappa shape index (κ2) is 5.83. The molecule has 0 radical (unpaired) electrons. The number of halogens is 1. The summed E-state index contributed by atoms with van der Waals surface area (Å²) in [5, 5.41) is 0. The molecule has 0 N–H and O–H groups in total. The third-order valence-corrected chi connectivity index (χ3v) is 3.80. The zero-order chi connectivity index (χ0) is 13.9. The lowest BCUT2D eigenvalue weighted by molar-refractivity contribution is 0.0896. The minimum absolute atomic E-state index is 0.100. The van der Waals surface area contributed by atoms with Crippen LogP contribution in [0.2, 0.25) is 0 Å². The van der Waals surface area contributed by atoms with Crippen LogP contribution in [0.25, 0.3) is 0 Å². The Balaban J connectivity index is 1.85. The van der Waals surface area contributed by atoms with Gasteiger partial charge in [-0.05, 0) is 49.1 Å². The quantitative estimate of drug-likeness (QED) is 0.775. The number of nitrogens with zero attached hydrogens (tertiary/aromatic N) is 1. The number of piperidine rings is 1. The molecule has 0 aliphatic carbocycles. The molecule has 0 unspecified atom stereocenters. The summed E-state index contributed by atoms with van der Waals surface area (Å²) < 4.78 is 12.8. The van der Waals surface area contributed by atoms with E-state index in [2.05, 4.69) is 18.7 Å². The number of carbonyl (C=O) groups is 1. The molecule has 0 amide bonds. The summed E-state index contributed by atoms with van der Waals surface area (Å²) >= 11 is 0. The molecule has 19 heavy (non-hydrogen) atoms. The van der Waals surface area contributed by atoms with Crippen molar-refractivity contribution in [3.05, 3.63) is 35.6 Å². The predicted molar refractivity (Wildman–Crippen MR) is 74.8 cm³/mol. The van der Waals surface area contributed by atoms with Crippen LogP contribution in [0.1, 0.15) is 43.5 Å². The molecular formula is C16H22FNO. The van der Waals surface area contributed by atoms with E-state index in [9.17, 15) is 9.18 Å². The summed E-state index contributed by atoms with van der Waals surface area (Å²) in [6, 6.07) is 5.82. The summed E-state index contributed by atoms with van der Waals surface area (Å²) in [4.78, 5) is 14.4. The minimum Gasteiger partial charge on any atom is -0.302 e. The van der Waals surface area contributed by atoms with Gasteiger partial charge in [0.25, 0.3) is 0 Å². The average Bonchev–Trinajstić information content (AvgIpc) is 2.36. The fourth-order valence-corrected chi connectivity index (χ4v) is 2.78. The number of hydrogen-bond donors (Lipinski definition) is 0. The zero-order valence-electron chi connectivity index (χ0n) is 11.8. The Hall–Kier alpha value is -1.22. The normalized spacial score (nSPS) is 19.3. The molecule has 1 aliphatic rings. The number of rotatable bonds is 4. The molecule has 0 aromatic heterocycles. The molecule has 0 atom stereocenters. The maximum absolute atomic E-state index is 12.8. The number of ketones is 1. The fourth-order valence-electron chi connectivity index (χ4n) is 2.78. The molecule has 0 bridgehead atoms. The van der Waals surface area contributed by atoms with Crippen molar-refractivity contribution in [3.8, 4) is 0 Å². The average molecular weight is 263 g/mol. The van der Waals surface area contributed by atoms with Gasteiger partial charge in [-0.3, -0.25) is 4.79 Å². The molecule has 3 heteroatoms. The molecule has 0 spiro atoms. The summed E-state index contributed by atoms with van der Waals surface area (Å²) in [7, 11) is 0. The highest BCUT2D eigenvalue weighted by Crippen LogP contribution is 2.28. The third-order valence-electron chi connectivity index (χ3n) is 3.80. The maximum atomic E-state index is 12.8. The van der Waals surface area contributed by atoms with Gasteiger partial charge in [0.05, 0.1) is 0 Å². The Bertz CT molecular complexity index is 439. The molecule has 1 aliphatic heterocycles. The zero-order valence-corrected chi connectivity index (χ0v) is 11.8. The highest BCUT2D eigenvalue weighted by Gasteiger charge is 2.26. The van der Waals surface area contributed by atoms with E-state index in [4.69, 9.17) is 0 Å². The molecule has 0 saturated carbocycles. The standard InChI is InChI=1S/C16H22FNO/c1-16(2)9-3-10-18(12-16)11-8-15(19)13-4-6-14(17)7-5-13/h4-7H,3,8-12H2,1-2H3. The van der Waals surface area contributed by atoms with Gasteiger partial charge < -0.3 is 4.90 Å². The number of benzene rings is 1. The van der Waals surface area contributed by atoms with Crippen LogP contribution in [-0.4, -0.2) is 30.3 Å². The van der Waals surface area contributed by atoms with Crippen LogP contribution in [0.3, 0.4) is 0 Å². The highest BCUT2D eigenvalue weighted by molar-refractivity contribution is 5.96. The summed E-state index contributed by atoms with van der Waals surface area (Å²) in [6.07, 6.45) is 2.98. The lowest BCUT2D eigenvalue weighted by Gasteiger charge is -2.37. The van der Waals surface area contributed by atoms with E-state index in [1.807, 2.05) is 0 Å². The Labute approximate surface area is 114 Å². The van der Waals surface area contributed by atoms with E-state index >= 15 is 0 Å². The number of carbonyl (C=O) groups excluding carboxylic acids is 1. The van der Waals surface area contributed by atoms with Gasteiger partial charge in [-0.25, -0.2) is 4.39 Å². The molecule has 1 aromatic rings. The van der Waals surface area contributed by atoms with Crippen LogP contribution in [0.4, 0.5) is 4.39 Å². The Kier molecular flexibility index (Phi) is 4.35. The van der Waals surface area contributed by atoms with E-state index in [0.29, 0.717) is 17.4 Å². The van der Waals surface area contributed by atoms with Gasteiger partial charge in [-0.2, -0.15) is 0 Å². The summed E-state index contributed by atoms with van der Waals surface area (Å²) in [6.45, 7) is 7.51. The fraction of sp³-hybridized carbons (Fsp3) is 0.562. The van der Waals surface area contributed by atoms with E-state index in [1.165, 1.54) is 25.0 Å². The first-order valence-corrected chi connectivity index (χ1v) is 6.97. The molecule has 2 rings (SSSR count). The van der Waals surface area contributed by atoms with Gasteiger partial charge in [-0.1, -0.05) is 13.8 Å². The van der Waals surface area contributed by atoms with Crippen molar-refractivity contribution < 1.29 is 9.18 Å². The first kappa shape index (κ1) is 14.2. The molecule has 2 nitrogen and oxygen atoms in total. The second-order valence-corrected chi connectivity index (χ2v) is 6.22. The molecular weight excluding hydrogens is 241 g/mol. The topological polar surface area (TPSA) is 20.3 Å². The summed E-state index contributed by atoms with van der Waals surface area (Å²) in [5.74, 6) is -0.197. The van der Waals surface area contributed by atoms with Crippen LogP contribution in [-0.2, 0) is 0 Å². The Morgan fingerprint density at radius 3 is 2.63 bits per heavy atom. The van der Waals surface area contributed by atoms with Gasteiger partial charge in [0.1, 0.15) is 5.82 Å². The van der Waals surface area contributed by atoms with Crippen molar-refractivity contribution in [3.63, 3.8) is 0 Å². The third kappa shape index (κ3) is 4.13. The first-order chi connectivity index (χ1) is 8.96. The van der Waals surface area contributed by atoms with Crippen molar-refractivity contribution in [2.75, 3.05) is 19.6 Å². The molecule has 1 fully saturated rings.